The average Bonchev–Trinajstić information content (AvgIpc) is 3.10. The number of nitrogens with one attached hydrogen (secondary N) is 1. The van der Waals surface area contributed by atoms with Gasteiger partial charge in [-0.2, -0.15) is 13.2 Å². The third kappa shape index (κ3) is 5.00. The Morgan fingerprint density at radius 2 is 2.05 bits per heavy atom. The fourth-order valence-corrected chi connectivity index (χ4v) is 2.98. The van der Waals surface area contributed by atoms with Crippen LogP contribution in [0.5, 0.6) is 0 Å². The minimum Gasteiger partial charge on any atom is -0.447 e. The summed E-state index contributed by atoms with van der Waals surface area (Å²) in [6, 6.07) is 0. The van der Waals surface area contributed by atoms with Gasteiger partial charge < -0.3 is 4.42 Å². The molecule has 1 fully saturated rings. The Labute approximate surface area is 125 Å². The van der Waals surface area contributed by atoms with Gasteiger partial charge in [0.05, 0.1) is 5.75 Å². The molecule has 1 aliphatic carbocycles. The summed E-state index contributed by atoms with van der Waals surface area (Å²) in [6.45, 7) is 0. The van der Waals surface area contributed by atoms with Crippen molar-refractivity contribution in [3.05, 3.63) is 17.8 Å². The molecule has 2 rings (SSSR count). The zero-order valence-electron chi connectivity index (χ0n) is 11.5. The molecule has 0 aliphatic heterocycles. The highest BCUT2D eigenvalue weighted by molar-refractivity contribution is 7.90. The molecule has 1 aliphatic rings. The molecule has 124 valence electrons. The first kappa shape index (κ1) is 16.8. The van der Waals surface area contributed by atoms with Gasteiger partial charge in [-0.1, -0.05) is 0 Å². The van der Waals surface area contributed by atoms with Crippen LogP contribution in [-0.2, 0) is 10.0 Å². The number of nitrogens with zero attached hydrogens (tertiary/aromatic N) is 1. The minimum absolute atomic E-state index is 0.0812. The molecule has 0 bridgehead atoms. The molecular weight excluding hydrogens is 325 g/mol. The van der Waals surface area contributed by atoms with Crippen LogP contribution >= 0.6 is 0 Å². The molecule has 1 N–H and O–H groups in total. The maximum absolute atomic E-state index is 12.0. The molecule has 0 unspecified atom stereocenters. The van der Waals surface area contributed by atoms with Crippen LogP contribution in [0.3, 0.4) is 0 Å². The summed E-state index contributed by atoms with van der Waals surface area (Å²) < 4.78 is 66.1. The summed E-state index contributed by atoms with van der Waals surface area (Å²) in [6.07, 6.45) is -3.09. The number of hydrogen-bond acceptors (Lipinski definition) is 5. The summed E-state index contributed by atoms with van der Waals surface area (Å²) >= 11 is 0. The lowest BCUT2D eigenvalue weighted by Crippen LogP contribution is -2.33. The maximum atomic E-state index is 12.0. The number of amides is 1. The maximum Gasteiger partial charge on any atom is 0.389 e. The van der Waals surface area contributed by atoms with E-state index in [2.05, 4.69) is 4.98 Å². The fraction of sp³-hybridized carbons (Fsp3) is 0.667. The van der Waals surface area contributed by atoms with Crippen molar-refractivity contribution in [2.45, 2.75) is 44.2 Å². The standard InChI is InChI=1S/C12H15F3N2O4S/c13-12(14,15)5-1-2-6-22(19,20)17-11(18)9-10(8-3-4-8)21-7-16-9/h7-8H,1-6H2,(H,17,18). The molecular formula is C12H15F3N2O4S. The van der Waals surface area contributed by atoms with Crippen LogP contribution in [0.25, 0.3) is 0 Å². The minimum atomic E-state index is -4.31. The van der Waals surface area contributed by atoms with Crippen LogP contribution in [-0.4, -0.2) is 31.2 Å². The molecule has 1 aromatic heterocycles. The molecule has 6 nitrogen and oxygen atoms in total. The zero-order chi connectivity index (χ0) is 16.4. The van der Waals surface area contributed by atoms with Gasteiger partial charge in [-0.05, 0) is 25.7 Å². The SMILES string of the molecule is O=C(NS(=O)(=O)CCCCC(F)(F)F)c1ncoc1C1CC1. The van der Waals surface area contributed by atoms with Crippen LogP contribution in [0.1, 0.15) is 54.3 Å². The second-order valence-electron chi connectivity index (χ2n) is 5.16. The van der Waals surface area contributed by atoms with Gasteiger partial charge in [0.1, 0.15) is 5.76 Å². The van der Waals surface area contributed by atoms with E-state index in [-0.39, 0.29) is 24.5 Å². The van der Waals surface area contributed by atoms with E-state index >= 15 is 0 Å². The van der Waals surface area contributed by atoms with Gasteiger partial charge in [0.15, 0.2) is 12.1 Å². The van der Waals surface area contributed by atoms with E-state index in [1.54, 1.807) is 0 Å². The predicted octanol–water partition coefficient (Wildman–Crippen LogP) is 2.34. The van der Waals surface area contributed by atoms with Crippen molar-refractivity contribution in [2.24, 2.45) is 0 Å². The monoisotopic (exact) mass is 340 g/mol. The Kier molecular flexibility index (Phi) is 4.78. The lowest BCUT2D eigenvalue weighted by atomic mass is 10.2. The first-order valence-electron chi connectivity index (χ1n) is 6.73. The first-order valence-corrected chi connectivity index (χ1v) is 8.38. The summed E-state index contributed by atoms with van der Waals surface area (Å²) in [5.41, 5.74) is -0.0821. The number of rotatable bonds is 7. The van der Waals surface area contributed by atoms with Gasteiger partial charge in [-0.25, -0.2) is 18.1 Å². The smallest absolute Gasteiger partial charge is 0.389 e. The number of carbonyl (C=O) groups excluding carboxylic acids is 1. The highest BCUT2D eigenvalue weighted by Crippen LogP contribution is 2.41. The van der Waals surface area contributed by atoms with Crippen molar-refractivity contribution in [2.75, 3.05) is 5.75 Å². The highest BCUT2D eigenvalue weighted by Gasteiger charge is 2.33. The van der Waals surface area contributed by atoms with Crippen LogP contribution in [0, 0.1) is 0 Å². The third-order valence-electron chi connectivity index (χ3n) is 3.13. The van der Waals surface area contributed by atoms with E-state index in [0.717, 1.165) is 19.2 Å². The van der Waals surface area contributed by atoms with Gasteiger partial charge in [-0.15, -0.1) is 0 Å². The van der Waals surface area contributed by atoms with Gasteiger partial charge >= 0.3 is 6.18 Å². The van der Waals surface area contributed by atoms with Crippen molar-refractivity contribution in [1.29, 1.82) is 0 Å². The number of sulfonamides is 1. The van der Waals surface area contributed by atoms with Crippen LogP contribution in [0.15, 0.2) is 10.8 Å². The van der Waals surface area contributed by atoms with Gasteiger partial charge in [0.25, 0.3) is 5.91 Å². The van der Waals surface area contributed by atoms with Crippen LogP contribution in [0.4, 0.5) is 13.2 Å². The van der Waals surface area contributed by atoms with Crippen LogP contribution < -0.4 is 4.72 Å². The molecule has 0 spiro atoms. The zero-order valence-corrected chi connectivity index (χ0v) is 12.3. The van der Waals surface area contributed by atoms with E-state index in [1.165, 1.54) is 0 Å². The number of carbonyl (C=O) groups is 1. The quantitative estimate of drug-likeness (QED) is 0.770. The average molecular weight is 340 g/mol. The van der Waals surface area contributed by atoms with E-state index in [0.29, 0.717) is 5.76 Å². The molecule has 0 saturated heterocycles. The van der Waals surface area contributed by atoms with Gasteiger partial charge in [0, 0.05) is 12.3 Å². The van der Waals surface area contributed by atoms with Crippen molar-refractivity contribution in [1.82, 2.24) is 9.71 Å². The summed E-state index contributed by atoms with van der Waals surface area (Å²) in [5, 5.41) is 0. The Morgan fingerprint density at radius 1 is 1.36 bits per heavy atom. The number of alkyl halides is 3. The Balaban J connectivity index is 1.85. The molecule has 1 heterocycles. The van der Waals surface area contributed by atoms with E-state index in [4.69, 9.17) is 4.42 Å². The topological polar surface area (TPSA) is 89.3 Å². The van der Waals surface area contributed by atoms with Crippen LogP contribution in [0.2, 0.25) is 0 Å². The highest BCUT2D eigenvalue weighted by atomic mass is 32.2. The Hall–Kier alpha value is -1.58. The summed E-state index contributed by atoms with van der Waals surface area (Å²) in [7, 11) is -4.00. The normalized spacial score (nSPS) is 15.8. The second-order valence-corrected chi connectivity index (χ2v) is 7.00. The largest absolute Gasteiger partial charge is 0.447 e. The summed E-state index contributed by atoms with van der Waals surface area (Å²) in [4.78, 5) is 15.6. The van der Waals surface area contributed by atoms with Crippen molar-refractivity contribution >= 4 is 15.9 Å². The van der Waals surface area contributed by atoms with Gasteiger partial charge in [-0.3, -0.25) is 4.79 Å². The lowest BCUT2D eigenvalue weighted by molar-refractivity contribution is -0.135. The molecule has 1 aromatic rings. The number of unbranched alkanes of at least 4 members (excludes halogenated alkanes) is 1. The van der Waals surface area contributed by atoms with Crippen molar-refractivity contribution < 1.29 is 30.8 Å². The number of halogens is 3. The predicted molar refractivity (Wildman–Crippen MR) is 69.6 cm³/mol. The molecule has 0 aromatic carbocycles. The van der Waals surface area contributed by atoms with Crippen molar-refractivity contribution in [3.8, 4) is 0 Å². The Bertz CT molecular complexity index is 635. The molecule has 0 radical (unpaired) electrons. The first-order chi connectivity index (χ1) is 10.2. The number of aromatic nitrogens is 1. The Morgan fingerprint density at radius 3 is 2.64 bits per heavy atom. The third-order valence-corrected chi connectivity index (χ3v) is 4.45. The molecule has 1 amide bonds. The van der Waals surface area contributed by atoms with E-state index in [1.807, 2.05) is 4.72 Å². The van der Waals surface area contributed by atoms with E-state index < -0.39 is 34.3 Å². The van der Waals surface area contributed by atoms with Gasteiger partial charge in [0.2, 0.25) is 10.0 Å². The summed E-state index contributed by atoms with van der Waals surface area (Å²) in [5.74, 6) is -1.03. The fourth-order valence-electron chi connectivity index (χ4n) is 1.92. The number of hydrogen-bond donors (Lipinski definition) is 1. The lowest BCUT2D eigenvalue weighted by Gasteiger charge is -2.07. The molecule has 1 saturated carbocycles. The van der Waals surface area contributed by atoms with E-state index in [9.17, 15) is 26.4 Å². The van der Waals surface area contributed by atoms with Crippen molar-refractivity contribution in [3.63, 3.8) is 0 Å². The molecule has 0 atom stereocenters. The molecule has 10 heteroatoms. The molecule has 22 heavy (non-hydrogen) atoms. The number of oxazole rings is 1. The second kappa shape index (κ2) is 6.27.